The van der Waals surface area contributed by atoms with Crippen molar-refractivity contribution in [3.05, 3.63) is 23.8 Å². The molecule has 0 atom stereocenters. The Hall–Kier alpha value is -1.16. The molecule has 0 aliphatic heterocycles. The van der Waals surface area contributed by atoms with Crippen molar-refractivity contribution in [3.63, 3.8) is 0 Å². The Morgan fingerprint density at radius 3 is 2.54 bits per heavy atom. The van der Waals surface area contributed by atoms with Crippen LogP contribution in [-0.4, -0.2) is 14.6 Å². The van der Waals surface area contributed by atoms with E-state index in [1.807, 2.05) is 13.8 Å². The Morgan fingerprint density at radius 1 is 1.38 bits per heavy atom. The van der Waals surface area contributed by atoms with Crippen LogP contribution in [0.4, 0.5) is 5.69 Å². The molecule has 0 saturated carbocycles. The fourth-order valence-corrected chi connectivity index (χ4v) is 1.53. The molecule has 0 aromatic heterocycles. The molecule has 0 N–H and O–H groups in total. The monoisotopic (exact) mass is 197 g/mol. The number of nitrogens with zero attached hydrogens (tertiary/aromatic N) is 1. The second-order valence-corrected chi connectivity index (χ2v) is 3.65. The lowest BCUT2D eigenvalue weighted by atomic mass is 10.2. The molecule has 4 heteroatoms. The third-order valence-corrected chi connectivity index (χ3v) is 2.36. The minimum atomic E-state index is -2.49. The van der Waals surface area contributed by atoms with E-state index in [0.717, 1.165) is 11.3 Å². The van der Waals surface area contributed by atoms with Crippen LogP contribution < -0.4 is 0 Å². The van der Waals surface area contributed by atoms with Crippen molar-refractivity contribution in [2.24, 2.45) is 4.99 Å². The average molecular weight is 197 g/mol. The minimum Gasteiger partial charge on any atom is -0.261 e. The summed E-state index contributed by atoms with van der Waals surface area (Å²) in [6.07, 6.45) is 1.68. The van der Waals surface area contributed by atoms with Crippen LogP contribution >= 0.6 is 0 Å². The fourth-order valence-electron chi connectivity index (χ4n) is 1.04. The fraction of sp³-hybridized carbons (Fsp3) is 0.222. The van der Waals surface area contributed by atoms with Gasteiger partial charge in [-0.25, -0.2) is 8.42 Å². The number of rotatable bonds is 2. The average Bonchev–Trinajstić information content (AvgIpc) is 2.08. The zero-order chi connectivity index (χ0) is 9.84. The van der Waals surface area contributed by atoms with Gasteiger partial charge in [0.05, 0.1) is 10.6 Å². The van der Waals surface area contributed by atoms with Crippen LogP contribution in [0.5, 0.6) is 0 Å². The number of thiol groups is 1. The van der Waals surface area contributed by atoms with Gasteiger partial charge in [0.15, 0.2) is 10.7 Å². The second-order valence-electron chi connectivity index (χ2n) is 2.62. The SMILES string of the molecule is C/C=N\c1ccc([SH](=O)=O)cc1C. The van der Waals surface area contributed by atoms with E-state index in [1.165, 1.54) is 0 Å². The van der Waals surface area contributed by atoms with E-state index in [-0.39, 0.29) is 0 Å². The highest BCUT2D eigenvalue weighted by Crippen LogP contribution is 2.19. The van der Waals surface area contributed by atoms with Crippen LogP contribution in [0.25, 0.3) is 0 Å². The summed E-state index contributed by atoms with van der Waals surface area (Å²) in [4.78, 5) is 4.42. The number of benzene rings is 1. The Balaban J connectivity index is 3.20. The molecule has 0 saturated heterocycles. The zero-order valence-electron chi connectivity index (χ0n) is 7.52. The van der Waals surface area contributed by atoms with Gasteiger partial charge >= 0.3 is 0 Å². The summed E-state index contributed by atoms with van der Waals surface area (Å²) in [5.41, 5.74) is 1.68. The quantitative estimate of drug-likeness (QED) is 0.579. The molecule has 0 aliphatic rings. The number of aryl methyl sites for hydroxylation is 1. The first-order chi connectivity index (χ1) is 6.15. The van der Waals surface area contributed by atoms with E-state index in [0.29, 0.717) is 4.90 Å². The van der Waals surface area contributed by atoms with E-state index >= 15 is 0 Å². The Labute approximate surface area is 79.1 Å². The maximum atomic E-state index is 10.6. The third-order valence-electron chi connectivity index (χ3n) is 1.66. The molecule has 0 radical (unpaired) electrons. The van der Waals surface area contributed by atoms with Gasteiger partial charge in [-0.05, 0) is 37.6 Å². The van der Waals surface area contributed by atoms with Crippen LogP contribution in [-0.2, 0) is 10.7 Å². The van der Waals surface area contributed by atoms with Crippen molar-refractivity contribution < 1.29 is 8.42 Å². The van der Waals surface area contributed by atoms with Gasteiger partial charge in [0.25, 0.3) is 0 Å². The van der Waals surface area contributed by atoms with E-state index in [2.05, 4.69) is 4.99 Å². The summed E-state index contributed by atoms with van der Waals surface area (Å²) in [6, 6.07) is 4.88. The highest BCUT2D eigenvalue weighted by molar-refractivity contribution is 7.72. The molecule has 0 bridgehead atoms. The van der Waals surface area contributed by atoms with Gasteiger partial charge in [-0.1, -0.05) is 0 Å². The molecule has 70 valence electrons. The Morgan fingerprint density at radius 2 is 2.08 bits per heavy atom. The van der Waals surface area contributed by atoms with Gasteiger partial charge in [0.1, 0.15) is 0 Å². The Bertz CT molecular complexity index is 400. The minimum absolute atomic E-state index is 0.336. The van der Waals surface area contributed by atoms with Crippen LogP contribution in [0, 0.1) is 6.92 Å². The van der Waals surface area contributed by atoms with Gasteiger partial charge in [-0.3, -0.25) is 4.99 Å². The lowest BCUT2D eigenvalue weighted by molar-refractivity contribution is 0.614. The normalized spacial score (nSPS) is 11.3. The van der Waals surface area contributed by atoms with Crippen molar-refractivity contribution in [2.75, 3.05) is 0 Å². The maximum absolute atomic E-state index is 10.6. The van der Waals surface area contributed by atoms with Crippen LogP contribution in [0.15, 0.2) is 28.1 Å². The van der Waals surface area contributed by atoms with Crippen molar-refractivity contribution >= 4 is 22.6 Å². The van der Waals surface area contributed by atoms with Gasteiger partial charge < -0.3 is 0 Å². The summed E-state index contributed by atoms with van der Waals surface area (Å²) >= 11 is 0. The summed E-state index contributed by atoms with van der Waals surface area (Å²) in [6.45, 7) is 3.66. The molecule has 13 heavy (non-hydrogen) atoms. The lowest BCUT2D eigenvalue weighted by Crippen LogP contribution is -1.82. The molecule has 3 nitrogen and oxygen atoms in total. The van der Waals surface area contributed by atoms with Gasteiger partial charge in [0.2, 0.25) is 0 Å². The molecule has 1 rings (SSSR count). The molecule has 1 aromatic carbocycles. The van der Waals surface area contributed by atoms with E-state index < -0.39 is 10.7 Å². The first-order valence-electron chi connectivity index (χ1n) is 3.89. The largest absolute Gasteiger partial charge is 0.261 e. The van der Waals surface area contributed by atoms with Crippen molar-refractivity contribution in [3.8, 4) is 0 Å². The third kappa shape index (κ3) is 2.39. The number of hydrogen-bond acceptors (Lipinski definition) is 3. The van der Waals surface area contributed by atoms with Gasteiger partial charge in [0, 0.05) is 6.21 Å². The lowest BCUT2D eigenvalue weighted by Gasteiger charge is -1.99. The van der Waals surface area contributed by atoms with Crippen LogP contribution in [0.3, 0.4) is 0 Å². The van der Waals surface area contributed by atoms with Crippen LogP contribution in [0.2, 0.25) is 0 Å². The molecule has 0 fully saturated rings. The zero-order valence-corrected chi connectivity index (χ0v) is 8.41. The van der Waals surface area contributed by atoms with Gasteiger partial charge in [-0.15, -0.1) is 0 Å². The topological polar surface area (TPSA) is 46.5 Å². The molecule has 0 heterocycles. The molecule has 0 amide bonds. The van der Waals surface area contributed by atoms with E-state index in [9.17, 15) is 8.42 Å². The van der Waals surface area contributed by atoms with E-state index in [1.54, 1.807) is 24.4 Å². The molecule has 0 unspecified atom stereocenters. The molecular weight excluding hydrogens is 186 g/mol. The molecular formula is C9H11NO2S. The number of aliphatic imine (C=N–C) groups is 1. The van der Waals surface area contributed by atoms with Gasteiger partial charge in [-0.2, -0.15) is 0 Å². The van der Waals surface area contributed by atoms with Crippen molar-refractivity contribution in [1.29, 1.82) is 0 Å². The smallest absolute Gasteiger partial charge is 0.168 e. The highest BCUT2D eigenvalue weighted by atomic mass is 32.2. The number of hydrogen-bond donors (Lipinski definition) is 1. The van der Waals surface area contributed by atoms with Crippen LogP contribution in [0.1, 0.15) is 12.5 Å². The summed E-state index contributed by atoms with van der Waals surface area (Å²) in [5, 5.41) is 0. The second kappa shape index (κ2) is 4.18. The summed E-state index contributed by atoms with van der Waals surface area (Å²) in [7, 11) is -2.49. The molecule has 1 aromatic rings. The summed E-state index contributed by atoms with van der Waals surface area (Å²) < 4.78 is 21.2. The van der Waals surface area contributed by atoms with Crippen molar-refractivity contribution in [1.82, 2.24) is 0 Å². The predicted octanol–water partition coefficient (Wildman–Crippen LogP) is 1.69. The predicted molar refractivity (Wildman–Crippen MR) is 53.6 cm³/mol. The first-order valence-corrected chi connectivity index (χ1v) is 5.06. The maximum Gasteiger partial charge on any atom is 0.168 e. The standard InChI is InChI=1S/C9H11NO2S/c1-3-10-9-5-4-8(13(11)12)6-7(9)2/h3-6,13H,1-2H3/b10-3-. The molecule has 0 aliphatic carbocycles. The highest BCUT2D eigenvalue weighted by Gasteiger charge is 1.99. The van der Waals surface area contributed by atoms with E-state index in [4.69, 9.17) is 0 Å². The molecule has 0 spiro atoms. The summed E-state index contributed by atoms with van der Waals surface area (Å²) in [5.74, 6) is 0. The Kier molecular flexibility index (Phi) is 3.19. The van der Waals surface area contributed by atoms with Crippen molar-refractivity contribution in [2.45, 2.75) is 18.7 Å². The first kappa shape index (κ1) is 9.92.